The van der Waals surface area contributed by atoms with Gasteiger partial charge in [-0.25, -0.2) is 8.78 Å². The molecule has 2 unspecified atom stereocenters. The van der Waals surface area contributed by atoms with Gasteiger partial charge in [0, 0.05) is 13.1 Å². The number of hydrogen-bond acceptors (Lipinski definition) is 4. The van der Waals surface area contributed by atoms with Crippen LogP contribution in [0.5, 0.6) is 0 Å². The van der Waals surface area contributed by atoms with Gasteiger partial charge in [0.2, 0.25) is 0 Å². The molecule has 1 aliphatic rings. The number of aliphatic hydroxyl groups excluding tert-OH is 1. The van der Waals surface area contributed by atoms with Crippen LogP contribution in [0.4, 0.5) is 22.0 Å². The monoisotopic (exact) mass is 493 g/mol. The topological polar surface area (TPSA) is 41.9 Å². The average Bonchev–Trinajstić information content (AvgIpc) is 2.83. The molecule has 1 heterocycles. The molecule has 0 aliphatic carbocycles. The number of morpholine rings is 1. The molecular weight excluding hydrogens is 469 g/mol. The van der Waals surface area contributed by atoms with E-state index in [1.807, 2.05) is 30.3 Å². The van der Waals surface area contributed by atoms with Gasteiger partial charge in [0.1, 0.15) is 17.7 Å². The summed E-state index contributed by atoms with van der Waals surface area (Å²) in [5.74, 6) is -1.52. The SMILES string of the molecule is OC[C@@H](OC1OCCN(Cc2ccccc2)C1c1ccc(F)cc1)c1cc(F)cc(C(F)(F)F)c1. The highest BCUT2D eigenvalue weighted by atomic mass is 19.4. The Morgan fingerprint density at radius 2 is 1.69 bits per heavy atom. The summed E-state index contributed by atoms with van der Waals surface area (Å²) in [5.41, 5.74) is 0.333. The molecule has 4 nitrogen and oxygen atoms in total. The average molecular weight is 493 g/mol. The largest absolute Gasteiger partial charge is 0.416 e. The van der Waals surface area contributed by atoms with Crippen LogP contribution in [0.3, 0.4) is 0 Å². The Balaban J connectivity index is 1.65. The first-order valence-electron chi connectivity index (χ1n) is 11.0. The van der Waals surface area contributed by atoms with Crippen LogP contribution in [0.15, 0.2) is 72.8 Å². The fourth-order valence-corrected chi connectivity index (χ4v) is 4.18. The summed E-state index contributed by atoms with van der Waals surface area (Å²) in [7, 11) is 0. The van der Waals surface area contributed by atoms with E-state index in [1.165, 1.54) is 12.1 Å². The molecule has 1 aliphatic heterocycles. The predicted octanol–water partition coefficient (Wildman–Crippen LogP) is 5.63. The molecule has 3 aromatic carbocycles. The summed E-state index contributed by atoms with van der Waals surface area (Å²) < 4.78 is 79.1. The highest BCUT2D eigenvalue weighted by Crippen LogP contribution is 2.37. The van der Waals surface area contributed by atoms with Crippen molar-refractivity contribution in [1.82, 2.24) is 4.90 Å². The third-order valence-electron chi connectivity index (χ3n) is 5.84. The van der Waals surface area contributed by atoms with Crippen molar-refractivity contribution in [3.05, 3.63) is 107 Å². The van der Waals surface area contributed by atoms with Crippen LogP contribution in [-0.2, 0) is 22.2 Å². The lowest BCUT2D eigenvalue weighted by molar-refractivity contribution is -0.238. The number of hydrogen-bond donors (Lipinski definition) is 1. The van der Waals surface area contributed by atoms with Gasteiger partial charge < -0.3 is 14.6 Å². The van der Waals surface area contributed by atoms with Gasteiger partial charge in [-0.2, -0.15) is 13.2 Å². The van der Waals surface area contributed by atoms with E-state index in [-0.39, 0.29) is 12.2 Å². The first-order valence-corrected chi connectivity index (χ1v) is 11.0. The highest BCUT2D eigenvalue weighted by Gasteiger charge is 2.37. The molecule has 3 atom stereocenters. The zero-order valence-electron chi connectivity index (χ0n) is 18.6. The van der Waals surface area contributed by atoms with Gasteiger partial charge in [0.05, 0.1) is 24.8 Å². The Morgan fingerprint density at radius 3 is 2.34 bits per heavy atom. The maximum Gasteiger partial charge on any atom is 0.416 e. The maximum atomic E-state index is 14.0. The van der Waals surface area contributed by atoms with Gasteiger partial charge >= 0.3 is 6.18 Å². The van der Waals surface area contributed by atoms with E-state index < -0.39 is 48.4 Å². The maximum absolute atomic E-state index is 14.0. The van der Waals surface area contributed by atoms with Crippen molar-refractivity contribution in [2.75, 3.05) is 19.8 Å². The fourth-order valence-electron chi connectivity index (χ4n) is 4.18. The van der Waals surface area contributed by atoms with Crippen molar-refractivity contribution in [2.24, 2.45) is 0 Å². The van der Waals surface area contributed by atoms with E-state index in [0.29, 0.717) is 24.7 Å². The number of aliphatic hydroxyl groups is 1. The predicted molar refractivity (Wildman–Crippen MR) is 118 cm³/mol. The van der Waals surface area contributed by atoms with Gasteiger partial charge in [-0.15, -0.1) is 0 Å². The number of benzene rings is 3. The molecule has 0 amide bonds. The standard InChI is InChI=1S/C26H24F5NO3/c27-21-8-6-18(7-9-21)24-25(34-11-10-32(24)15-17-4-2-1-3-5-17)35-23(16-33)19-12-20(26(29,30)31)14-22(28)13-19/h1-9,12-14,23-25,33H,10-11,15-16H2/t23-,24?,25?/m1/s1. The minimum atomic E-state index is -4.76. The lowest BCUT2D eigenvalue weighted by atomic mass is 10.0. The van der Waals surface area contributed by atoms with Crippen LogP contribution in [0, 0.1) is 11.6 Å². The second-order valence-electron chi connectivity index (χ2n) is 8.27. The number of ether oxygens (including phenoxy) is 2. The molecule has 4 rings (SSSR count). The smallest absolute Gasteiger partial charge is 0.393 e. The van der Waals surface area contributed by atoms with Crippen molar-refractivity contribution in [2.45, 2.75) is 31.2 Å². The minimum Gasteiger partial charge on any atom is -0.393 e. The molecule has 0 radical (unpaired) electrons. The first kappa shape index (κ1) is 25.2. The molecule has 0 saturated carbocycles. The van der Waals surface area contributed by atoms with Gasteiger partial charge in [0.15, 0.2) is 6.29 Å². The summed E-state index contributed by atoms with van der Waals surface area (Å²) in [6.45, 7) is 0.576. The molecule has 0 aromatic heterocycles. The third kappa shape index (κ3) is 6.24. The fraction of sp³-hybridized carbons (Fsp3) is 0.308. The zero-order valence-corrected chi connectivity index (χ0v) is 18.6. The summed E-state index contributed by atoms with van der Waals surface area (Å²) in [6, 6.07) is 16.8. The Labute approximate surface area is 199 Å². The van der Waals surface area contributed by atoms with Crippen LogP contribution in [0.1, 0.15) is 34.4 Å². The minimum absolute atomic E-state index is 0.165. The molecule has 1 saturated heterocycles. The number of halogens is 5. The van der Waals surface area contributed by atoms with Crippen molar-refractivity contribution >= 4 is 0 Å². The normalized spacial score (nSPS) is 20.1. The Hall–Kier alpha value is -2.85. The third-order valence-corrected chi connectivity index (χ3v) is 5.84. The van der Waals surface area contributed by atoms with E-state index in [2.05, 4.69) is 4.90 Å². The molecular formula is C26H24F5NO3. The second kappa shape index (κ2) is 10.8. The summed E-state index contributed by atoms with van der Waals surface area (Å²) in [4.78, 5) is 2.05. The molecule has 9 heteroatoms. The summed E-state index contributed by atoms with van der Waals surface area (Å²) >= 11 is 0. The molecule has 186 valence electrons. The van der Waals surface area contributed by atoms with Gasteiger partial charge in [-0.05, 0) is 47.0 Å². The summed E-state index contributed by atoms with van der Waals surface area (Å²) in [6.07, 6.45) is -7.06. The first-order chi connectivity index (χ1) is 16.7. The lowest BCUT2D eigenvalue weighted by Gasteiger charge is -2.42. The van der Waals surface area contributed by atoms with Crippen molar-refractivity contribution in [3.8, 4) is 0 Å². The molecule has 1 fully saturated rings. The quantitative estimate of drug-likeness (QED) is 0.433. The Kier molecular flexibility index (Phi) is 7.81. The van der Waals surface area contributed by atoms with Gasteiger partial charge in [-0.1, -0.05) is 42.5 Å². The molecule has 35 heavy (non-hydrogen) atoms. The second-order valence-corrected chi connectivity index (χ2v) is 8.27. The molecule has 1 N–H and O–H groups in total. The van der Waals surface area contributed by atoms with E-state index in [1.54, 1.807) is 12.1 Å². The molecule has 3 aromatic rings. The number of nitrogens with zero attached hydrogens (tertiary/aromatic N) is 1. The molecule has 0 bridgehead atoms. The van der Waals surface area contributed by atoms with Crippen LogP contribution in [0.25, 0.3) is 0 Å². The zero-order chi connectivity index (χ0) is 25.0. The number of rotatable bonds is 7. The van der Waals surface area contributed by atoms with Gasteiger partial charge in [-0.3, -0.25) is 4.90 Å². The van der Waals surface area contributed by atoms with Crippen LogP contribution < -0.4 is 0 Å². The van der Waals surface area contributed by atoms with E-state index in [4.69, 9.17) is 9.47 Å². The van der Waals surface area contributed by atoms with E-state index in [0.717, 1.165) is 17.7 Å². The van der Waals surface area contributed by atoms with Crippen molar-refractivity contribution in [1.29, 1.82) is 0 Å². The van der Waals surface area contributed by atoms with Crippen molar-refractivity contribution < 1.29 is 36.5 Å². The summed E-state index contributed by atoms with van der Waals surface area (Å²) in [5, 5.41) is 9.94. The Morgan fingerprint density at radius 1 is 0.971 bits per heavy atom. The van der Waals surface area contributed by atoms with E-state index in [9.17, 15) is 27.1 Å². The van der Waals surface area contributed by atoms with Gasteiger partial charge in [0.25, 0.3) is 0 Å². The van der Waals surface area contributed by atoms with Crippen LogP contribution >= 0.6 is 0 Å². The van der Waals surface area contributed by atoms with Crippen LogP contribution in [-0.4, -0.2) is 36.1 Å². The highest BCUT2D eigenvalue weighted by molar-refractivity contribution is 5.29. The number of alkyl halides is 3. The molecule has 0 spiro atoms. The lowest BCUT2D eigenvalue weighted by Crippen LogP contribution is -2.46. The van der Waals surface area contributed by atoms with Crippen molar-refractivity contribution in [3.63, 3.8) is 0 Å². The Bertz CT molecular complexity index is 1110. The van der Waals surface area contributed by atoms with E-state index >= 15 is 0 Å². The van der Waals surface area contributed by atoms with Crippen LogP contribution in [0.2, 0.25) is 0 Å².